The van der Waals surface area contributed by atoms with Crippen LogP contribution in [-0.4, -0.2) is 19.0 Å². The second-order valence-corrected chi connectivity index (χ2v) is 4.06. The molecule has 0 amide bonds. The van der Waals surface area contributed by atoms with Gasteiger partial charge in [-0.2, -0.15) is 26.3 Å². The maximum absolute atomic E-state index is 12.6. The minimum atomic E-state index is -5.49. The van der Waals surface area contributed by atoms with E-state index in [0.29, 0.717) is 0 Å². The summed E-state index contributed by atoms with van der Waals surface area (Å²) in [5.41, 5.74) is 4.90. The van der Waals surface area contributed by atoms with Crippen molar-refractivity contribution in [1.29, 1.82) is 0 Å². The van der Waals surface area contributed by atoms with Crippen LogP contribution in [0.2, 0.25) is 0 Å². The minimum absolute atomic E-state index is 0.0824. The van der Waals surface area contributed by atoms with Crippen LogP contribution < -0.4 is 10.5 Å². The Labute approximate surface area is 111 Å². The van der Waals surface area contributed by atoms with Crippen molar-refractivity contribution in [2.45, 2.75) is 25.3 Å². The average molecular weight is 301 g/mol. The second kappa shape index (κ2) is 5.90. The zero-order chi connectivity index (χ0) is 15.6. The summed E-state index contributed by atoms with van der Waals surface area (Å²) in [4.78, 5) is 0. The minimum Gasteiger partial charge on any atom is -0.494 e. The van der Waals surface area contributed by atoms with Crippen LogP contribution in [0.3, 0.4) is 0 Å². The van der Waals surface area contributed by atoms with Gasteiger partial charge in [-0.15, -0.1) is 0 Å². The molecule has 0 aliphatic heterocycles. The first-order valence-corrected chi connectivity index (χ1v) is 5.69. The Kier molecular flexibility index (Phi) is 4.90. The van der Waals surface area contributed by atoms with Gasteiger partial charge in [0.2, 0.25) is 0 Å². The van der Waals surface area contributed by atoms with Crippen LogP contribution in [0.5, 0.6) is 5.75 Å². The number of benzene rings is 1. The number of rotatable bonds is 4. The van der Waals surface area contributed by atoms with Gasteiger partial charge in [-0.1, -0.05) is 18.2 Å². The Morgan fingerprint density at radius 3 is 2.00 bits per heavy atom. The van der Waals surface area contributed by atoms with Crippen LogP contribution in [0, 0.1) is 5.92 Å². The molecule has 1 rings (SSSR count). The lowest BCUT2D eigenvalue weighted by Crippen LogP contribution is -2.44. The first kappa shape index (κ1) is 16.6. The van der Waals surface area contributed by atoms with Gasteiger partial charge >= 0.3 is 12.4 Å². The van der Waals surface area contributed by atoms with E-state index < -0.39 is 24.3 Å². The molecule has 8 heteroatoms. The molecule has 0 spiro atoms. The van der Waals surface area contributed by atoms with E-state index in [-0.39, 0.29) is 17.9 Å². The van der Waals surface area contributed by atoms with E-state index in [4.69, 9.17) is 10.5 Å². The monoisotopic (exact) mass is 301 g/mol. The topological polar surface area (TPSA) is 35.2 Å². The second-order valence-electron chi connectivity index (χ2n) is 4.06. The third-order valence-corrected chi connectivity index (χ3v) is 2.64. The highest BCUT2D eigenvalue weighted by atomic mass is 19.4. The Bertz CT molecular complexity index is 428. The van der Waals surface area contributed by atoms with Crippen LogP contribution in [0.25, 0.3) is 0 Å². The lowest BCUT2D eigenvalue weighted by atomic mass is 9.92. The fourth-order valence-electron chi connectivity index (χ4n) is 1.82. The van der Waals surface area contributed by atoms with E-state index in [0.717, 1.165) is 6.07 Å². The Hall–Kier alpha value is -1.44. The molecule has 0 aliphatic carbocycles. The van der Waals surface area contributed by atoms with Crippen molar-refractivity contribution < 1.29 is 31.1 Å². The van der Waals surface area contributed by atoms with Crippen molar-refractivity contribution in [3.63, 3.8) is 0 Å². The SMILES string of the molecule is CCOc1ccccc1C(N)C(C(F)(F)F)C(F)(F)F. The molecule has 0 bridgehead atoms. The highest BCUT2D eigenvalue weighted by Gasteiger charge is 2.60. The summed E-state index contributed by atoms with van der Waals surface area (Å²) in [6, 6.07) is 2.85. The lowest BCUT2D eigenvalue weighted by Gasteiger charge is -2.29. The van der Waals surface area contributed by atoms with Crippen LogP contribution >= 0.6 is 0 Å². The Balaban J connectivity index is 3.23. The molecule has 0 radical (unpaired) electrons. The number of hydrogen-bond donors (Lipinski definition) is 1. The molecular weight excluding hydrogens is 288 g/mol. The molecule has 0 saturated carbocycles. The third-order valence-electron chi connectivity index (χ3n) is 2.64. The summed E-state index contributed by atoms with van der Waals surface area (Å²) >= 11 is 0. The van der Waals surface area contributed by atoms with Gasteiger partial charge in [0, 0.05) is 5.56 Å². The number of hydrogen-bond acceptors (Lipinski definition) is 2. The van der Waals surface area contributed by atoms with Crippen molar-refractivity contribution in [2.24, 2.45) is 11.7 Å². The number of ether oxygens (including phenoxy) is 1. The summed E-state index contributed by atoms with van der Waals surface area (Å²) in [7, 11) is 0. The molecule has 0 saturated heterocycles. The van der Waals surface area contributed by atoms with Gasteiger partial charge in [-0.05, 0) is 13.0 Å². The van der Waals surface area contributed by atoms with Gasteiger partial charge in [0.15, 0.2) is 5.92 Å². The number of nitrogens with two attached hydrogens (primary N) is 1. The smallest absolute Gasteiger partial charge is 0.402 e. The maximum atomic E-state index is 12.6. The highest BCUT2D eigenvalue weighted by molar-refractivity contribution is 5.36. The molecule has 1 aromatic rings. The molecule has 2 N–H and O–H groups in total. The van der Waals surface area contributed by atoms with Gasteiger partial charge in [-0.3, -0.25) is 0 Å². The Morgan fingerprint density at radius 1 is 1.05 bits per heavy atom. The first-order chi connectivity index (χ1) is 9.09. The molecule has 2 nitrogen and oxygen atoms in total. The number of halogens is 6. The molecule has 1 atom stereocenters. The van der Waals surface area contributed by atoms with Gasteiger partial charge in [0.25, 0.3) is 0 Å². The average Bonchev–Trinajstić information content (AvgIpc) is 2.26. The van der Waals surface area contributed by atoms with Gasteiger partial charge in [0.1, 0.15) is 5.75 Å². The Morgan fingerprint density at radius 2 is 1.55 bits per heavy atom. The van der Waals surface area contributed by atoms with Crippen molar-refractivity contribution >= 4 is 0 Å². The predicted molar refractivity (Wildman–Crippen MR) is 60.1 cm³/mol. The summed E-state index contributed by atoms with van der Waals surface area (Å²) in [5, 5.41) is 0. The molecule has 0 aromatic heterocycles. The fourth-order valence-corrected chi connectivity index (χ4v) is 1.82. The molecule has 0 fully saturated rings. The molecular formula is C12H13F6NO. The first-order valence-electron chi connectivity index (χ1n) is 5.69. The maximum Gasteiger partial charge on any atom is 0.402 e. The molecule has 114 valence electrons. The molecule has 1 aromatic carbocycles. The van der Waals surface area contributed by atoms with Gasteiger partial charge < -0.3 is 10.5 Å². The zero-order valence-corrected chi connectivity index (χ0v) is 10.4. The number of para-hydroxylation sites is 1. The standard InChI is InChI=1S/C12H13F6NO/c1-2-20-8-6-4-3-5-7(8)9(19)10(11(13,14)15)12(16,17)18/h3-6,9-10H,2,19H2,1H3. The molecule has 0 heterocycles. The quantitative estimate of drug-likeness (QED) is 0.858. The molecule has 20 heavy (non-hydrogen) atoms. The molecule has 0 aliphatic rings. The number of alkyl halides is 6. The van der Waals surface area contributed by atoms with Crippen LogP contribution in [0.1, 0.15) is 18.5 Å². The summed E-state index contributed by atoms with van der Waals surface area (Å²) < 4.78 is 80.8. The summed E-state index contributed by atoms with van der Waals surface area (Å²) in [5.74, 6) is -3.72. The van der Waals surface area contributed by atoms with E-state index >= 15 is 0 Å². The highest BCUT2D eigenvalue weighted by Crippen LogP contribution is 2.46. The molecule has 1 unspecified atom stereocenters. The van der Waals surface area contributed by atoms with E-state index in [1.807, 2.05) is 0 Å². The van der Waals surface area contributed by atoms with Gasteiger partial charge in [-0.25, -0.2) is 0 Å². The fraction of sp³-hybridized carbons (Fsp3) is 0.500. The van der Waals surface area contributed by atoms with Gasteiger partial charge in [0.05, 0.1) is 12.6 Å². The van der Waals surface area contributed by atoms with E-state index in [1.165, 1.54) is 18.2 Å². The van der Waals surface area contributed by atoms with E-state index in [9.17, 15) is 26.3 Å². The summed E-state index contributed by atoms with van der Waals surface area (Å²) in [6.45, 7) is 1.67. The van der Waals surface area contributed by atoms with Crippen LogP contribution in [-0.2, 0) is 0 Å². The zero-order valence-electron chi connectivity index (χ0n) is 10.4. The van der Waals surface area contributed by atoms with Crippen molar-refractivity contribution in [2.75, 3.05) is 6.61 Å². The third kappa shape index (κ3) is 3.78. The summed E-state index contributed by atoms with van der Waals surface area (Å²) in [6.07, 6.45) is -11.0. The van der Waals surface area contributed by atoms with Crippen LogP contribution in [0.4, 0.5) is 26.3 Å². The van der Waals surface area contributed by atoms with Crippen molar-refractivity contribution in [3.8, 4) is 5.75 Å². The van der Waals surface area contributed by atoms with E-state index in [1.54, 1.807) is 6.92 Å². The van der Waals surface area contributed by atoms with Crippen LogP contribution in [0.15, 0.2) is 24.3 Å². The van der Waals surface area contributed by atoms with Crippen molar-refractivity contribution in [3.05, 3.63) is 29.8 Å². The van der Waals surface area contributed by atoms with E-state index in [2.05, 4.69) is 0 Å². The normalized spacial score (nSPS) is 14.4. The predicted octanol–water partition coefficient (Wildman–Crippen LogP) is 3.83. The van der Waals surface area contributed by atoms with Crippen molar-refractivity contribution in [1.82, 2.24) is 0 Å². The largest absolute Gasteiger partial charge is 0.494 e. The lowest BCUT2D eigenvalue weighted by molar-refractivity contribution is -0.290.